The Morgan fingerprint density at radius 1 is 1.36 bits per heavy atom. The van der Waals surface area contributed by atoms with Crippen LogP contribution in [-0.4, -0.2) is 47.2 Å². The Morgan fingerprint density at radius 3 is 2.73 bits per heavy atom. The highest BCUT2D eigenvalue weighted by Crippen LogP contribution is 2.21. The first-order valence-corrected chi connectivity index (χ1v) is 7.62. The average molecular weight is 305 g/mol. The molecule has 5 nitrogen and oxygen atoms in total. The second kappa shape index (κ2) is 6.92. The summed E-state index contributed by atoms with van der Waals surface area (Å²) in [6.07, 6.45) is -0.191. The minimum absolute atomic E-state index is 0.151. The van der Waals surface area contributed by atoms with E-state index in [-0.39, 0.29) is 31.9 Å². The Balaban J connectivity index is 2.11. The molecule has 1 aliphatic rings. The highest BCUT2D eigenvalue weighted by Gasteiger charge is 2.39. The molecule has 1 aromatic carbocycles. The van der Waals surface area contributed by atoms with Gasteiger partial charge in [0, 0.05) is 13.0 Å². The topological polar surface area (TPSA) is 66.8 Å². The van der Waals surface area contributed by atoms with E-state index in [2.05, 4.69) is 0 Å². The number of benzene rings is 1. The van der Waals surface area contributed by atoms with Gasteiger partial charge in [-0.15, -0.1) is 0 Å². The summed E-state index contributed by atoms with van der Waals surface area (Å²) in [6, 6.07) is 5.27. The molecule has 22 heavy (non-hydrogen) atoms. The maximum atomic E-state index is 12.5. The van der Waals surface area contributed by atoms with Gasteiger partial charge < -0.3 is 14.7 Å². The van der Waals surface area contributed by atoms with Crippen LogP contribution in [0.4, 0.5) is 0 Å². The average Bonchev–Trinajstić information content (AvgIpc) is 2.84. The monoisotopic (exact) mass is 305 g/mol. The molecule has 0 saturated carbocycles. The van der Waals surface area contributed by atoms with E-state index in [0.29, 0.717) is 0 Å². The van der Waals surface area contributed by atoms with E-state index in [9.17, 15) is 14.7 Å². The Kier molecular flexibility index (Phi) is 5.19. The molecule has 0 spiro atoms. The fraction of sp³-hybridized carbons (Fsp3) is 0.529. The summed E-state index contributed by atoms with van der Waals surface area (Å²) in [6.45, 7) is 6.16. The van der Waals surface area contributed by atoms with E-state index in [4.69, 9.17) is 4.74 Å². The number of esters is 1. The lowest BCUT2D eigenvalue weighted by atomic mass is 10.0. The number of ether oxygens (including phenoxy) is 1. The van der Waals surface area contributed by atoms with E-state index in [1.807, 2.05) is 32.0 Å². The lowest BCUT2D eigenvalue weighted by Crippen LogP contribution is -2.42. The number of hydrogen-bond donors (Lipinski definition) is 1. The molecule has 0 aromatic heterocycles. The van der Waals surface area contributed by atoms with Gasteiger partial charge in [-0.05, 0) is 31.9 Å². The third-order valence-corrected chi connectivity index (χ3v) is 4.00. The normalized spacial score (nSPS) is 21.0. The Morgan fingerprint density at radius 2 is 2.09 bits per heavy atom. The van der Waals surface area contributed by atoms with Gasteiger partial charge in [0.25, 0.3) is 0 Å². The molecule has 1 N–H and O–H groups in total. The van der Waals surface area contributed by atoms with E-state index in [0.717, 1.165) is 16.7 Å². The van der Waals surface area contributed by atoms with Crippen LogP contribution in [0.3, 0.4) is 0 Å². The Bertz CT molecular complexity index is 570. The number of amides is 1. The lowest BCUT2D eigenvalue weighted by molar-refractivity contribution is -0.152. The van der Waals surface area contributed by atoms with Crippen molar-refractivity contribution in [2.75, 3.05) is 13.2 Å². The van der Waals surface area contributed by atoms with Gasteiger partial charge in [-0.1, -0.05) is 23.8 Å². The van der Waals surface area contributed by atoms with Crippen molar-refractivity contribution in [3.8, 4) is 0 Å². The van der Waals surface area contributed by atoms with Crippen molar-refractivity contribution in [1.82, 2.24) is 4.90 Å². The van der Waals surface area contributed by atoms with Gasteiger partial charge in [0.2, 0.25) is 5.91 Å². The molecule has 2 atom stereocenters. The molecule has 1 heterocycles. The number of nitrogens with zero attached hydrogens (tertiary/aromatic N) is 1. The van der Waals surface area contributed by atoms with Gasteiger partial charge in [-0.3, -0.25) is 4.79 Å². The predicted octanol–water partition coefficient (Wildman–Crippen LogP) is 1.37. The van der Waals surface area contributed by atoms with Crippen LogP contribution in [0, 0.1) is 13.8 Å². The fourth-order valence-electron chi connectivity index (χ4n) is 2.86. The number of aliphatic hydroxyl groups excluding tert-OH is 1. The third-order valence-electron chi connectivity index (χ3n) is 4.00. The molecule has 5 heteroatoms. The first-order valence-electron chi connectivity index (χ1n) is 7.62. The van der Waals surface area contributed by atoms with Crippen molar-refractivity contribution in [3.63, 3.8) is 0 Å². The second-order valence-electron chi connectivity index (χ2n) is 5.81. The number of hydrogen-bond acceptors (Lipinski definition) is 4. The van der Waals surface area contributed by atoms with Crippen LogP contribution >= 0.6 is 0 Å². The van der Waals surface area contributed by atoms with Crippen LogP contribution in [0.15, 0.2) is 18.2 Å². The number of aryl methyl sites for hydroxylation is 2. The molecule has 1 aliphatic heterocycles. The van der Waals surface area contributed by atoms with Gasteiger partial charge in [0.05, 0.1) is 19.1 Å². The number of carbonyl (C=O) groups excluding carboxylic acids is 2. The summed E-state index contributed by atoms with van der Waals surface area (Å²) in [5.74, 6) is -0.588. The van der Waals surface area contributed by atoms with Gasteiger partial charge in [-0.25, -0.2) is 4.79 Å². The summed E-state index contributed by atoms with van der Waals surface area (Å²) >= 11 is 0. The highest BCUT2D eigenvalue weighted by molar-refractivity contribution is 5.86. The Hall–Kier alpha value is -1.88. The van der Waals surface area contributed by atoms with Crippen molar-refractivity contribution in [2.24, 2.45) is 0 Å². The highest BCUT2D eigenvalue weighted by atomic mass is 16.5. The van der Waals surface area contributed by atoms with Gasteiger partial charge in [0.1, 0.15) is 6.04 Å². The van der Waals surface area contributed by atoms with Crippen LogP contribution in [0.1, 0.15) is 30.0 Å². The SMILES string of the molecule is CCOC(=O)C1CC(O)CN1C(=O)Cc1ccc(C)cc1C. The third kappa shape index (κ3) is 3.65. The molecule has 1 amide bonds. The molecular weight excluding hydrogens is 282 g/mol. The van der Waals surface area contributed by atoms with Gasteiger partial charge in [0.15, 0.2) is 0 Å². The number of β-amino-alcohol motifs (C(OH)–C–C–N with tert-alkyl or cyclic N) is 1. The standard InChI is InChI=1S/C17H23NO4/c1-4-22-17(21)15-9-14(19)10-18(15)16(20)8-13-6-5-11(2)7-12(13)3/h5-7,14-15,19H,4,8-10H2,1-3H3. The zero-order chi connectivity index (χ0) is 16.3. The van der Waals surface area contributed by atoms with Crippen molar-refractivity contribution in [2.45, 2.75) is 45.8 Å². The first-order chi connectivity index (χ1) is 10.4. The van der Waals surface area contributed by atoms with E-state index in [1.165, 1.54) is 4.90 Å². The summed E-state index contributed by atoms with van der Waals surface area (Å²) in [4.78, 5) is 25.9. The van der Waals surface area contributed by atoms with Crippen LogP contribution in [0.25, 0.3) is 0 Å². The largest absolute Gasteiger partial charge is 0.464 e. The Labute approximate surface area is 130 Å². The second-order valence-corrected chi connectivity index (χ2v) is 5.81. The molecule has 0 bridgehead atoms. The first kappa shape index (κ1) is 16.5. The van der Waals surface area contributed by atoms with Crippen molar-refractivity contribution >= 4 is 11.9 Å². The zero-order valence-electron chi connectivity index (χ0n) is 13.3. The van der Waals surface area contributed by atoms with Crippen LogP contribution < -0.4 is 0 Å². The summed E-state index contributed by atoms with van der Waals surface area (Å²) in [5.41, 5.74) is 3.15. The van der Waals surface area contributed by atoms with Crippen molar-refractivity contribution in [3.05, 3.63) is 34.9 Å². The van der Waals surface area contributed by atoms with Crippen LogP contribution in [-0.2, 0) is 20.7 Å². The van der Waals surface area contributed by atoms with E-state index in [1.54, 1.807) is 6.92 Å². The molecule has 2 unspecified atom stereocenters. The van der Waals surface area contributed by atoms with Crippen molar-refractivity contribution in [1.29, 1.82) is 0 Å². The number of likely N-dealkylation sites (tertiary alicyclic amines) is 1. The summed E-state index contributed by atoms with van der Waals surface area (Å²) in [7, 11) is 0. The van der Waals surface area contributed by atoms with Crippen molar-refractivity contribution < 1.29 is 19.4 Å². The lowest BCUT2D eigenvalue weighted by Gasteiger charge is -2.23. The number of aliphatic hydroxyl groups is 1. The maximum absolute atomic E-state index is 12.5. The number of carbonyl (C=O) groups is 2. The smallest absolute Gasteiger partial charge is 0.328 e. The van der Waals surface area contributed by atoms with Gasteiger partial charge in [-0.2, -0.15) is 0 Å². The molecule has 1 aromatic rings. The summed E-state index contributed by atoms with van der Waals surface area (Å²) < 4.78 is 5.00. The van der Waals surface area contributed by atoms with E-state index < -0.39 is 18.1 Å². The minimum atomic E-state index is -0.673. The molecular formula is C17H23NO4. The molecule has 2 rings (SSSR count). The summed E-state index contributed by atoms with van der Waals surface area (Å²) in [5, 5.41) is 9.79. The molecule has 1 saturated heterocycles. The zero-order valence-corrected chi connectivity index (χ0v) is 13.3. The van der Waals surface area contributed by atoms with Gasteiger partial charge >= 0.3 is 5.97 Å². The maximum Gasteiger partial charge on any atom is 0.328 e. The van der Waals surface area contributed by atoms with Crippen LogP contribution in [0.5, 0.6) is 0 Å². The van der Waals surface area contributed by atoms with Crippen LogP contribution in [0.2, 0.25) is 0 Å². The number of rotatable bonds is 4. The molecule has 0 aliphatic carbocycles. The quantitative estimate of drug-likeness (QED) is 0.853. The fourth-order valence-corrected chi connectivity index (χ4v) is 2.86. The minimum Gasteiger partial charge on any atom is -0.464 e. The van der Waals surface area contributed by atoms with E-state index >= 15 is 0 Å². The molecule has 1 fully saturated rings. The molecule has 0 radical (unpaired) electrons. The predicted molar refractivity (Wildman–Crippen MR) is 82.4 cm³/mol. The molecule has 120 valence electrons.